The van der Waals surface area contributed by atoms with Gasteiger partial charge in [-0.15, -0.1) is 12.4 Å². The molecule has 0 saturated heterocycles. The summed E-state index contributed by atoms with van der Waals surface area (Å²) in [5.41, 5.74) is -0.366. The molecule has 0 heterocycles. The molecule has 0 amide bonds. The van der Waals surface area contributed by atoms with E-state index in [2.05, 4.69) is 6.92 Å². The molecule has 0 rings (SSSR count). The van der Waals surface area contributed by atoms with Crippen LogP contribution in [0.3, 0.4) is 0 Å². The van der Waals surface area contributed by atoms with Crippen LogP contribution < -0.4 is 6.15 Å². The van der Waals surface area contributed by atoms with Crippen molar-refractivity contribution in [3.63, 3.8) is 0 Å². The Morgan fingerprint density at radius 3 is 1.55 bits per heavy atom. The number of hydrogen-bond donors (Lipinski definition) is 2. The molecular formula is C8H22ClNO. The maximum Gasteiger partial charge on any atom is 0.0642 e. The smallest absolute Gasteiger partial charge is 0.0642 e. The molecule has 0 aromatic carbocycles. The zero-order valence-electron chi connectivity index (χ0n) is 7.89. The normalized spacial score (nSPS) is 9.82. The van der Waals surface area contributed by atoms with Crippen LogP contribution in [0, 0.1) is 0 Å². The first-order chi connectivity index (χ1) is 4.18. The first-order valence-corrected chi connectivity index (χ1v) is 3.91. The average molecular weight is 184 g/mol. The SMILES string of the molecule is CCCC(O)(CC)CC.Cl.N. The van der Waals surface area contributed by atoms with E-state index in [1.165, 1.54) is 0 Å². The lowest BCUT2D eigenvalue weighted by atomic mass is 9.92. The van der Waals surface area contributed by atoms with Gasteiger partial charge in [0.1, 0.15) is 0 Å². The molecule has 2 nitrogen and oxygen atoms in total. The average Bonchev–Trinajstić information content (AvgIpc) is 1.89. The Hall–Kier alpha value is 0.210. The summed E-state index contributed by atoms with van der Waals surface area (Å²) in [6.45, 7) is 6.19. The summed E-state index contributed by atoms with van der Waals surface area (Å²) in [4.78, 5) is 0. The van der Waals surface area contributed by atoms with Crippen molar-refractivity contribution in [3.8, 4) is 0 Å². The summed E-state index contributed by atoms with van der Waals surface area (Å²) in [5, 5.41) is 9.63. The van der Waals surface area contributed by atoms with Crippen LogP contribution in [-0.4, -0.2) is 10.7 Å². The first kappa shape index (κ1) is 17.3. The number of halogens is 1. The van der Waals surface area contributed by atoms with E-state index < -0.39 is 0 Å². The molecule has 0 fully saturated rings. The Bertz CT molecular complexity index is 74.5. The van der Waals surface area contributed by atoms with Gasteiger partial charge in [0.05, 0.1) is 5.60 Å². The van der Waals surface area contributed by atoms with Crippen LogP contribution in [-0.2, 0) is 0 Å². The van der Waals surface area contributed by atoms with Crippen molar-refractivity contribution < 1.29 is 5.11 Å². The first-order valence-electron chi connectivity index (χ1n) is 3.91. The number of hydrogen-bond acceptors (Lipinski definition) is 2. The fourth-order valence-corrected chi connectivity index (χ4v) is 1.07. The zero-order chi connectivity index (χ0) is 7.33. The van der Waals surface area contributed by atoms with E-state index in [-0.39, 0.29) is 24.2 Å². The van der Waals surface area contributed by atoms with Gasteiger partial charge in [-0.1, -0.05) is 27.2 Å². The molecule has 4 N–H and O–H groups in total. The maximum absolute atomic E-state index is 9.63. The van der Waals surface area contributed by atoms with Crippen molar-refractivity contribution in [2.24, 2.45) is 0 Å². The van der Waals surface area contributed by atoms with E-state index in [1.807, 2.05) is 13.8 Å². The quantitative estimate of drug-likeness (QED) is 0.704. The van der Waals surface area contributed by atoms with Crippen LogP contribution in [0.1, 0.15) is 46.5 Å². The maximum atomic E-state index is 9.63. The molecule has 0 aromatic rings. The number of aliphatic hydroxyl groups is 1. The standard InChI is InChI=1S/C8H18O.ClH.H3N/c1-4-7-8(9,5-2)6-3;;/h9H,4-7H2,1-3H3;1H;1H3. The Labute approximate surface area is 76.4 Å². The summed E-state index contributed by atoms with van der Waals surface area (Å²) in [6.07, 6.45) is 3.80. The molecule has 0 aliphatic rings. The Kier molecular flexibility index (Phi) is 13.1. The van der Waals surface area contributed by atoms with Crippen molar-refractivity contribution in [2.45, 2.75) is 52.1 Å². The highest BCUT2D eigenvalue weighted by molar-refractivity contribution is 5.85. The summed E-state index contributed by atoms with van der Waals surface area (Å²) < 4.78 is 0. The van der Waals surface area contributed by atoms with Crippen LogP contribution >= 0.6 is 12.4 Å². The predicted molar refractivity (Wildman–Crippen MR) is 52.7 cm³/mol. The third-order valence-corrected chi connectivity index (χ3v) is 2.03. The minimum absolute atomic E-state index is 0. The van der Waals surface area contributed by atoms with Gasteiger partial charge < -0.3 is 11.3 Å². The van der Waals surface area contributed by atoms with E-state index in [4.69, 9.17) is 0 Å². The van der Waals surface area contributed by atoms with Crippen LogP contribution in [0.25, 0.3) is 0 Å². The van der Waals surface area contributed by atoms with Crippen LogP contribution in [0.2, 0.25) is 0 Å². The lowest BCUT2D eigenvalue weighted by Gasteiger charge is -2.23. The van der Waals surface area contributed by atoms with Gasteiger partial charge in [0.2, 0.25) is 0 Å². The van der Waals surface area contributed by atoms with Crippen molar-refractivity contribution in [1.29, 1.82) is 0 Å². The third kappa shape index (κ3) is 6.60. The largest absolute Gasteiger partial charge is 0.390 e. The summed E-state index contributed by atoms with van der Waals surface area (Å²) in [5.74, 6) is 0. The van der Waals surface area contributed by atoms with Crippen molar-refractivity contribution in [2.75, 3.05) is 0 Å². The second-order valence-corrected chi connectivity index (χ2v) is 2.68. The van der Waals surface area contributed by atoms with E-state index in [1.54, 1.807) is 0 Å². The molecule has 0 saturated carbocycles. The van der Waals surface area contributed by atoms with Crippen LogP contribution in [0.15, 0.2) is 0 Å². The van der Waals surface area contributed by atoms with Gasteiger partial charge in [0.15, 0.2) is 0 Å². The summed E-state index contributed by atoms with van der Waals surface area (Å²) in [7, 11) is 0. The fourth-order valence-electron chi connectivity index (χ4n) is 1.07. The van der Waals surface area contributed by atoms with Gasteiger partial charge in [-0.2, -0.15) is 0 Å². The van der Waals surface area contributed by atoms with Gasteiger partial charge in [0.25, 0.3) is 0 Å². The van der Waals surface area contributed by atoms with Crippen LogP contribution in [0.5, 0.6) is 0 Å². The Balaban J connectivity index is -0.000000320. The van der Waals surface area contributed by atoms with Crippen molar-refractivity contribution in [1.82, 2.24) is 6.15 Å². The second kappa shape index (κ2) is 8.31. The zero-order valence-corrected chi connectivity index (χ0v) is 8.71. The molecule has 0 aliphatic heterocycles. The van der Waals surface area contributed by atoms with E-state index in [0.717, 1.165) is 25.7 Å². The topological polar surface area (TPSA) is 55.2 Å². The molecule has 3 heteroatoms. The van der Waals surface area contributed by atoms with Gasteiger partial charge in [-0.05, 0) is 19.3 Å². The summed E-state index contributed by atoms with van der Waals surface area (Å²) >= 11 is 0. The molecule has 0 atom stereocenters. The molecule has 0 spiro atoms. The second-order valence-electron chi connectivity index (χ2n) is 2.68. The fraction of sp³-hybridized carbons (Fsp3) is 1.00. The van der Waals surface area contributed by atoms with Gasteiger partial charge in [0, 0.05) is 0 Å². The van der Waals surface area contributed by atoms with Gasteiger partial charge >= 0.3 is 0 Å². The molecule has 72 valence electrons. The van der Waals surface area contributed by atoms with E-state index in [9.17, 15) is 5.11 Å². The lowest BCUT2D eigenvalue weighted by molar-refractivity contribution is 0.0230. The monoisotopic (exact) mass is 183 g/mol. The van der Waals surface area contributed by atoms with Crippen LogP contribution in [0.4, 0.5) is 0 Å². The number of rotatable bonds is 4. The Morgan fingerprint density at radius 2 is 1.45 bits per heavy atom. The molecule has 0 unspecified atom stereocenters. The highest BCUT2D eigenvalue weighted by Gasteiger charge is 2.19. The van der Waals surface area contributed by atoms with Crippen molar-refractivity contribution in [3.05, 3.63) is 0 Å². The van der Waals surface area contributed by atoms with Crippen molar-refractivity contribution >= 4 is 12.4 Å². The summed E-state index contributed by atoms with van der Waals surface area (Å²) in [6, 6.07) is 0. The lowest BCUT2D eigenvalue weighted by Crippen LogP contribution is -2.25. The van der Waals surface area contributed by atoms with E-state index >= 15 is 0 Å². The highest BCUT2D eigenvalue weighted by Crippen LogP contribution is 2.20. The highest BCUT2D eigenvalue weighted by atomic mass is 35.5. The molecule has 0 aliphatic carbocycles. The minimum atomic E-state index is -0.366. The van der Waals surface area contributed by atoms with Gasteiger partial charge in [-0.25, -0.2) is 0 Å². The minimum Gasteiger partial charge on any atom is -0.390 e. The third-order valence-electron chi connectivity index (χ3n) is 2.03. The molecule has 0 bridgehead atoms. The Morgan fingerprint density at radius 1 is 1.09 bits per heavy atom. The van der Waals surface area contributed by atoms with E-state index in [0.29, 0.717) is 0 Å². The molecule has 11 heavy (non-hydrogen) atoms. The molecule has 0 aromatic heterocycles. The predicted octanol–water partition coefficient (Wildman–Crippen LogP) is 2.92. The van der Waals surface area contributed by atoms with Gasteiger partial charge in [-0.3, -0.25) is 0 Å². The molecule has 0 radical (unpaired) electrons. The molecular weight excluding hydrogens is 162 g/mol.